The number of para-hydroxylation sites is 1. The van der Waals surface area contributed by atoms with E-state index in [9.17, 15) is 0 Å². The van der Waals surface area contributed by atoms with Crippen LogP contribution in [0.25, 0.3) is 10.9 Å². The highest BCUT2D eigenvalue weighted by molar-refractivity contribution is 6.30. The average molecular weight is 301 g/mol. The molecule has 0 aliphatic carbocycles. The van der Waals surface area contributed by atoms with Crippen LogP contribution < -0.4 is 10.5 Å². The van der Waals surface area contributed by atoms with Gasteiger partial charge in [0.25, 0.3) is 0 Å². The fraction of sp³-hybridized carbons (Fsp3) is 0.176. The Balaban J connectivity index is 1.72. The van der Waals surface area contributed by atoms with Gasteiger partial charge in [-0.15, -0.1) is 0 Å². The lowest BCUT2D eigenvalue weighted by Gasteiger charge is -2.08. The highest BCUT2D eigenvalue weighted by Crippen LogP contribution is 2.21. The van der Waals surface area contributed by atoms with Crippen molar-refractivity contribution in [2.75, 3.05) is 6.61 Å². The second-order valence-corrected chi connectivity index (χ2v) is 5.31. The van der Waals surface area contributed by atoms with Crippen molar-refractivity contribution in [2.45, 2.75) is 13.1 Å². The summed E-state index contributed by atoms with van der Waals surface area (Å²) in [6.45, 7) is 1.93. The Bertz CT molecular complexity index is 734. The van der Waals surface area contributed by atoms with Gasteiger partial charge in [0, 0.05) is 28.7 Å². The number of halogens is 1. The van der Waals surface area contributed by atoms with E-state index in [4.69, 9.17) is 22.1 Å². The number of benzene rings is 2. The Morgan fingerprint density at radius 2 is 1.81 bits per heavy atom. The van der Waals surface area contributed by atoms with Crippen molar-refractivity contribution < 1.29 is 4.74 Å². The maximum Gasteiger partial charge on any atom is 0.119 e. The van der Waals surface area contributed by atoms with Gasteiger partial charge in [0.1, 0.15) is 12.4 Å². The first-order valence-corrected chi connectivity index (χ1v) is 7.31. The van der Waals surface area contributed by atoms with E-state index in [2.05, 4.69) is 22.9 Å². The molecule has 0 aliphatic heterocycles. The van der Waals surface area contributed by atoms with E-state index in [0.717, 1.165) is 17.9 Å². The zero-order valence-corrected chi connectivity index (χ0v) is 12.4. The van der Waals surface area contributed by atoms with Crippen molar-refractivity contribution in [3.8, 4) is 5.75 Å². The van der Waals surface area contributed by atoms with Gasteiger partial charge in [-0.2, -0.15) is 0 Å². The SMILES string of the molecule is NCc1cn(CCOc2ccc(Cl)cc2)c2ccccc12. The van der Waals surface area contributed by atoms with Crippen molar-refractivity contribution in [2.24, 2.45) is 5.73 Å². The predicted molar refractivity (Wildman–Crippen MR) is 86.8 cm³/mol. The van der Waals surface area contributed by atoms with E-state index in [0.29, 0.717) is 18.2 Å². The Labute approximate surface area is 128 Å². The van der Waals surface area contributed by atoms with E-state index in [-0.39, 0.29) is 0 Å². The summed E-state index contributed by atoms with van der Waals surface area (Å²) in [5.74, 6) is 0.829. The molecule has 3 aromatic rings. The fourth-order valence-electron chi connectivity index (χ4n) is 2.46. The van der Waals surface area contributed by atoms with Crippen LogP contribution in [-0.4, -0.2) is 11.2 Å². The third-order valence-electron chi connectivity index (χ3n) is 3.51. The van der Waals surface area contributed by atoms with Gasteiger partial charge in [0.05, 0.1) is 6.54 Å². The molecule has 1 aromatic heterocycles. The minimum Gasteiger partial charge on any atom is -0.492 e. The Morgan fingerprint density at radius 3 is 2.57 bits per heavy atom. The summed E-state index contributed by atoms with van der Waals surface area (Å²) in [7, 11) is 0. The summed E-state index contributed by atoms with van der Waals surface area (Å²) >= 11 is 5.85. The van der Waals surface area contributed by atoms with Crippen molar-refractivity contribution in [3.63, 3.8) is 0 Å². The number of ether oxygens (including phenoxy) is 1. The van der Waals surface area contributed by atoms with Gasteiger partial charge in [-0.25, -0.2) is 0 Å². The Hall–Kier alpha value is -1.97. The molecule has 0 atom stereocenters. The lowest BCUT2D eigenvalue weighted by atomic mass is 10.2. The van der Waals surface area contributed by atoms with Crippen LogP contribution in [-0.2, 0) is 13.1 Å². The zero-order valence-electron chi connectivity index (χ0n) is 11.6. The van der Waals surface area contributed by atoms with Gasteiger partial charge in [0.15, 0.2) is 0 Å². The van der Waals surface area contributed by atoms with E-state index in [1.54, 1.807) is 0 Å². The van der Waals surface area contributed by atoms with Crippen molar-refractivity contribution in [3.05, 3.63) is 65.3 Å². The number of aromatic nitrogens is 1. The molecule has 0 radical (unpaired) electrons. The molecule has 1 heterocycles. The molecule has 0 aliphatic rings. The van der Waals surface area contributed by atoms with E-state index < -0.39 is 0 Å². The van der Waals surface area contributed by atoms with Gasteiger partial charge in [0.2, 0.25) is 0 Å². The van der Waals surface area contributed by atoms with E-state index in [1.807, 2.05) is 36.4 Å². The molecule has 2 aromatic carbocycles. The molecule has 3 nitrogen and oxygen atoms in total. The van der Waals surface area contributed by atoms with Gasteiger partial charge < -0.3 is 15.0 Å². The molecule has 0 saturated carbocycles. The molecule has 0 spiro atoms. The van der Waals surface area contributed by atoms with Crippen LogP contribution >= 0.6 is 11.6 Å². The van der Waals surface area contributed by atoms with Crippen LogP contribution in [0.1, 0.15) is 5.56 Å². The highest BCUT2D eigenvalue weighted by atomic mass is 35.5. The quantitative estimate of drug-likeness (QED) is 0.778. The molecule has 3 rings (SSSR count). The van der Waals surface area contributed by atoms with E-state index >= 15 is 0 Å². The van der Waals surface area contributed by atoms with Gasteiger partial charge >= 0.3 is 0 Å². The Morgan fingerprint density at radius 1 is 1.05 bits per heavy atom. The minimum absolute atomic E-state index is 0.547. The predicted octanol–water partition coefficient (Wildman–Crippen LogP) is 3.83. The summed E-state index contributed by atoms with van der Waals surface area (Å²) < 4.78 is 7.93. The number of hydrogen-bond donors (Lipinski definition) is 1. The summed E-state index contributed by atoms with van der Waals surface area (Å²) in [6, 6.07) is 15.7. The maximum absolute atomic E-state index is 5.85. The molecule has 0 unspecified atom stereocenters. The zero-order chi connectivity index (χ0) is 14.7. The molecule has 0 amide bonds. The third kappa shape index (κ3) is 3.04. The van der Waals surface area contributed by atoms with Crippen molar-refractivity contribution in [1.82, 2.24) is 4.57 Å². The monoisotopic (exact) mass is 300 g/mol. The minimum atomic E-state index is 0.547. The van der Waals surface area contributed by atoms with Crippen LogP contribution in [0.2, 0.25) is 5.02 Å². The standard InChI is InChI=1S/C17H17ClN2O/c18-14-5-7-15(8-6-14)21-10-9-20-12-13(11-19)16-3-1-2-4-17(16)20/h1-8,12H,9-11,19H2. The fourth-order valence-corrected chi connectivity index (χ4v) is 2.59. The smallest absolute Gasteiger partial charge is 0.119 e. The van der Waals surface area contributed by atoms with E-state index in [1.165, 1.54) is 10.9 Å². The van der Waals surface area contributed by atoms with Crippen LogP contribution in [0.5, 0.6) is 5.75 Å². The molecular weight excluding hydrogens is 284 g/mol. The molecule has 2 N–H and O–H groups in total. The van der Waals surface area contributed by atoms with Gasteiger partial charge in [-0.1, -0.05) is 29.8 Å². The topological polar surface area (TPSA) is 40.2 Å². The highest BCUT2D eigenvalue weighted by Gasteiger charge is 2.06. The average Bonchev–Trinajstić information content (AvgIpc) is 2.88. The maximum atomic E-state index is 5.85. The molecule has 21 heavy (non-hydrogen) atoms. The van der Waals surface area contributed by atoms with Crippen LogP contribution in [0.4, 0.5) is 0 Å². The molecular formula is C17H17ClN2O. The Kier molecular flexibility index (Phi) is 4.13. The first-order valence-electron chi connectivity index (χ1n) is 6.93. The summed E-state index contributed by atoms with van der Waals surface area (Å²) in [5, 5.41) is 1.93. The van der Waals surface area contributed by atoms with Crippen LogP contribution in [0.15, 0.2) is 54.7 Å². The molecule has 4 heteroatoms. The number of nitrogens with two attached hydrogens (primary N) is 1. The molecule has 0 bridgehead atoms. The lowest BCUT2D eigenvalue weighted by Crippen LogP contribution is -2.07. The van der Waals surface area contributed by atoms with Crippen molar-refractivity contribution >= 4 is 22.5 Å². The first kappa shape index (κ1) is 14.0. The van der Waals surface area contributed by atoms with Gasteiger partial charge in [-0.05, 0) is 35.9 Å². The second-order valence-electron chi connectivity index (χ2n) is 4.87. The van der Waals surface area contributed by atoms with Crippen LogP contribution in [0.3, 0.4) is 0 Å². The molecule has 108 valence electrons. The van der Waals surface area contributed by atoms with Crippen LogP contribution in [0, 0.1) is 0 Å². The third-order valence-corrected chi connectivity index (χ3v) is 3.76. The lowest BCUT2D eigenvalue weighted by molar-refractivity contribution is 0.300. The number of rotatable bonds is 5. The number of fused-ring (bicyclic) bond motifs is 1. The summed E-state index contributed by atoms with van der Waals surface area (Å²) in [6.07, 6.45) is 2.11. The summed E-state index contributed by atoms with van der Waals surface area (Å²) in [4.78, 5) is 0. The summed E-state index contributed by atoms with van der Waals surface area (Å²) in [5.41, 5.74) is 8.16. The second kappa shape index (κ2) is 6.20. The number of nitrogens with zero attached hydrogens (tertiary/aromatic N) is 1. The van der Waals surface area contributed by atoms with Crippen molar-refractivity contribution in [1.29, 1.82) is 0 Å². The molecule has 0 fully saturated rings. The normalized spacial score (nSPS) is 11.0. The first-order chi connectivity index (χ1) is 10.3. The number of hydrogen-bond acceptors (Lipinski definition) is 2. The molecule has 0 saturated heterocycles. The largest absolute Gasteiger partial charge is 0.492 e. The van der Waals surface area contributed by atoms with Gasteiger partial charge in [-0.3, -0.25) is 0 Å².